The van der Waals surface area contributed by atoms with E-state index in [-0.39, 0.29) is 11.5 Å². The van der Waals surface area contributed by atoms with Crippen LogP contribution in [0.25, 0.3) is 5.69 Å². The Labute approximate surface area is 184 Å². The second-order valence-corrected chi connectivity index (χ2v) is 8.56. The number of hydrogen-bond acceptors (Lipinski definition) is 7. The first-order chi connectivity index (χ1) is 14.9. The Morgan fingerprint density at radius 1 is 1.16 bits per heavy atom. The molecule has 0 radical (unpaired) electrons. The molecule has 4 rings (SSSR count). The zero-order valence-electron chi connectivity index (χ0n) is 17.9. The molecule has 8 nitrogen and oxygen atoms in total. The van der Waals surface area contributed by atoms with Crippen LogP contribution in [0, 0.1) is 13.8 Å². The molecule has 0 unspecified atom stereocenters. The minimum atomic E-state index is 0.0270. The van der Waals surface area contributed by atoms with Crippen molar-refractivity contribution in [1.29, 1.82) is 0 Å². The molecule has 0 saturated heterocycles. The molecule has 0 N–H and O–H groups in total. The standard InChI is InChI=1S/C22H24N6O2S/c1-14(2)17-5-7-18(8-6-17)28-15(3)9-19(16(28)4)20(29)11-31-22-26-25-21(30-22)10-27-13-23-12-24-27/h5-9,12-14H,10-11H2,1-4H3. The van der Waals surface area contributed by atoms with Crippen LogP contribution < -0.4 is 0 Å². The second-order valence-electron chi connectivity index (χ2n) is 7.63. The number of carbonyl (C=O) groups excluding carboxylic acids is 1. The largest absolute Gasteiger partial charge is 0.414 e. The molecule has 4 aromatic rings. The predicted octanol–water partition coefficient (Wildman–Crippen LogP) is 4.22. The highest BCUT2D eigenvalue weighted by molar-refractivity contribution is 7.99. The van der Waals surface area contributed by atoms with E-state index in [2.05, 4.69) is 63.0 Å². The Bertz CT molecular complexity index is 1180. The average molecular weight is 437 g/mol. The van der Waals surface area contributed by atoms with Crippen LogP contribution in [0.15, 0.2) is 52.6 Å². The third kappa shape index (κ3) is 4.61. The number of nitrogens with zero attached hydrogens (tertiary/aromatic N) is 6. The van der Waals surface area contributed by atoms with Crippen molar-refractivity contribution >= 4 is 17.5 Å². The summed E-state index contributed by atoms with van der Waals surface area (Å²) >= 11 is 1.24. The molecule has 3 heterocycles. The molecule has 0 amide bonds. The lowest BCUT2D eigenvalue weighted by atomic mass is 10.0. The van der Waals surface area contributed by atoms with Crippen LogP contribution in [-0.2, 0) is 6.54 Å². The number of aryl methyl sites for hydroxylation is 1. The van der Waals surface area contributed by atoms with E-state index in [0.29, 0.717) is 29.1 Å². The van der Waals surface area contributed by atoms with E-state index in [9.17, 15) is 4.79 Å². The molecule has 31 heavy (non-hydrogen) atoms. The predicted molar refractivity (Wildman–Crippen MR) is 118 cm³/mol. The van der Waals surface area contributed by atoms with Crippen LogP contribution in [0.3, 0.4) is 0 Å². The summed E-state index contributed by atoms with van der Waals surface area (Å²) in [6.45, 7) is 8.69. The Morgan fingerprint density at radius 2 is 1.94 bits per heavy atom. The zero-order chi connectivity index (χ0) is 22.0. The van der Waals surface area contributed by atoms with E-state index in [1.807, 2.05) is 19.9 Å². The van der Waals surface area contributed by atoms with E-state index < -0.39 is 0 Å². The van der Waals surface area contributed by atoms with Gasteiger partial charge in [0.05, 0.1) is 5.75 Å². The molecule has 0 atom stereocenters. The van der Waals surface area contributed by atoms with Gasteiger partial charge in [-0.15, -0.1) is 10.2 Å². The van der Waals surface area contributed by atoms with Crippen molar-refractivity contribution in [2.45, 2.75) is 45.4 Å². The third-order valence-corrected chi connectivity index (χ3v) is 5.91. The van der Waals surface area contributed by atoms with Crippen LogP contribution in [0.5, 0.6) is 0 Å². The highest BCUT2D eigenvalue weighted by Crippen LogP contribution is 2.25. The molecule has 0 aliphatic rings. The van der Waals surface area contributed by atoms with E-state index >= 15 is 0 Å². The molecule has 1 aromatic carbocycles. The summed E-state index contributed by atoms with van der Waals surface area (Å²) in [5, 5.41) is 12.4. The van der Waals surface area contributed by atoms with Crippen LogP contribution in [0.1, 0.15) is 53.0 Å². The van der Waals surface area contributed by atoms with Crippen LogP contribution >= 0.6 is 11.8 Å². The van der Waals surface area contributed by atoms with Crippen molar-refractivity contribution in [2.24, 2.45) is 0 Å². The molecule has 3 aromatic heterocycles. The fraction of sp³-hybridized carbons (Fsp3) is 0.318. The van der Waals surface area contributed by atoms with Gasteiger partial charge in [0.25, 0.3) is 5.22 Å². The highest BCUT2D eigenvalue weighted by atomic mass is 32.2. The van der Waals surface area contributed by atoms with Gasteiger partial charge in [-0.25, -0.2) is 9.67 Å². The van der Waals surface area contributed by atoms with Gasteiger partial charge in [-0.05, 0) is 43.5 Å². The van der Waals surface area contributed by atoms with E-state index in [1.165, 1.54) is 23.7 Å². The normalized spacial score (nSPS) is 11.4. The Hall–Kier alpha value is -3.20. The Morgan fingerprint density at radius 3 is 2.61 bits per heavy atom. The van der Waals surface area contributed by atoms with Crippen LogP contribution in [0.4, 0.5) is 0 Å². The van der Waals surface area contributed by atoms with Crippen molar-refractivity contribution in [3.05, 3.63) is 71.4 Å². The number of rotatable bonds is 8. The lowest BCUT2D eigenvalue weighted by molar-refractivity contribution is 0.102. The first-order valence-corrected chi connectivity index (χ1v) is 11.0. The summed E-state index contributed by atoms with van der Waals surface area (Å²) in [4.78, 5) is 16.8. The first-order valence-electron chi connectivity index (χ1n) is 10.0. The van der Waals surface area contributed by atoms with Gasteiger partial charge in [0.15, 0.2) is 5.78 Å². The second kappa shape index (κ2) is 8.89. The maximum absolute atomic E-state index is 12.9. The Kier molecular flexibility index (Phi) is 6.03. The minimum Gasteiger partial charge on any atom is -0.414 e. The van der Waals surface area contributed by atoms with Gasteiger partial charge in [0.1, 0.15) is 19.2 Å². The summed E-state index contributed by atoms with van der Waals surface area (Å²) in [6, 6.07) is 10.4. The third-order valence-electron chi connectivity index (χ3n) is 5.09. The topological polar surface area (TPSA) is 91.6 Å². The monoisotopic (exact) mass is 436 g/mol. The number of carbonyl (C=O) groups is 1. The van der Waals surface area contributed by atoms with E-state index in [4.69, 9.17) is 4.42 Å². The van der Waals surface area contributed by atoms with Gasteiger partial charge in [-0.1, -0.05) is 37.7 Å². The SMILES string of the molecule is Cc1cc(C(=O)CSc2nnc(Cn3cncn3)o2)c(C)n1-c1ccc(C(C)C)cc1. The zero-order valence-corrected chi connectivity index (χ0v) is 18.8. The molecule has 0 bridgehead atoms. The van der Waals surface area contributed by atoms with Crippen molar-refractivity contribution < 1.29 is 9.21 Å². The number of benzene rings is 1. The molecule has 0 aliphatic heterocycles. The molecular weight excluding hydrogens is 412 g/mol. The maximum Gasteiger partial charge on any atom is 0.277 e. The number of ketones is 1. The smallest absolute Gasteiger partial charge is 0.277 e. The van der Waals surface area contributed by atoms with Crippen molar-refractivity contribution in [2.75, 3.05) is 5.75 Å². The van der Waals surface area contributed by atoms with Gasteiger partial charge in [-0.3, -0.25) is 4.79 Å². The number of hydrogen-bond donors (Lipinski definition) is 0. The molecule has 160 valence electrons. The maximum atomic E-state index is 12.9. The van der Waals surface area contributed by atoms with Crippen LogP contribution in [0.2, 0.25) is 0 Å². The minimum absolute atomic E-state index is 0.0270. The molecular formula is C22H24N6O2S. The Balaban J connectivity index is 1.44. The molecule has 9 heteroatoms. The fourth-order valence-corrected chi connectivity index (χ4v) is 4.13. The lowest BCUT2D eigenvalue weighted by Crippen LogP contribution is -2.05. The summed E-state index contributed by atoms with van der Waals surface area (Å²) in [6.07, 6.45) is 3.02. The summed E-state index contributed by atoms with van der Waals surface area (Å²) in [5.41, 5.74) is 5.01. The van der Waals surface area contributed by atoms with Crippen molar-refractivity contribution in [3.63, 3.8) is 0 Å². The highest BCUT2D eigenvalue weighted by Gasteiger charge is 2.18. The van der Waals surface area contributed by atoms with E-state index in [0.717, 1.165) is 17.1 Å². The van der Waals surface area contributed by atoms with Gasteiger partial charge in [0.2, 0.25) is 5.89 Å². The number of thioether (sulfide) groups is 1. The van der Waals surface area contributed by atoms with Gasteiger partial charge in [-0.2, -0.15) is 5.10 Å². The van der Waals surface area contributed by atoms with E-state index in [1.54, 1.807) is 11.0 Å². The van der Waals surface area contributed by atoms with Crippen LogP contribution in [-0.4, -0.2) is 41.1 Å². The number of Topliss-reactive ketones (excluding diaryl/α,β-unsaturated/α-hetero) is 1. The molecule has 0 spiro atoms. The fourth-order valence-electron chi connectivity index (χ4n) is 3.47. The average Bonchev–Trinajstić information content (AvgIpc) is 3.48. The van der Waals surface area contributed by atoms with Crippen molar-refractivity contribution in [1.82, 2.24) is 29.5 Å². The summed E-state index contributed by atoms with van der Waals surface area (Å²) < 4.78 is 9.31. The van der Waals surface area contributed by atoms with Gasteiger partial charge in [0, 0.05) is 22.6 Å². The first kappa shape index (κ1) is 21.0. The molecule has 0 saturated carbocycles. The quantitative estimate of drug-likeness (QED) is 0.302. The lowest BCUT2D eigenvalue weighted by Gasteiger charge is -2.12. The number of aromatic nitrogens is 6. The van der Waals surface area contributed by atoms with Crippen molar-refractivity contribution in [3.8, 4) is 5.69 Å². The van der Waals surface area contributed by atoms with Gasteiger partial charge >= 0.3 is 0 Å². The summed E-state index contributed by atoms with van der Waals surface area (Å²) in [7, 11) is 0. The van der Waals surface area contributed by atoms with Gasteiger partial charge < -0.3 is 8.98 Å². The molecule has 0 aliphatic carbocycles. The summed E-state index contributed by atoms with van der Waals surface area (Å²) in [5.74, 6) is 1.15. The molecule has 0 fully saturated rings.